The van der Waals surface area contributed by atoms with Crippen LogP contribution < -0.4 is 14.8 Å². The van der Waals surface area contributed by atoms with Crippen LogP contribution in [0.2, 0.25) is 0 Å². The maximum Gasteiger partial charge on any atom is 0.416 e. The largest absolute Gasteiger partial charge is 0.485 e. The summed E-state index contributed by atoms with van der Waals surface area (Å²) in [5.74, 6) is -0.732. The first-order valence-electron chi connectivity index (χ1n) is 8.31. The number of ether oxygens (including phenoxy) is 3. The van der Waals surface area contributed by atoms with Crippen molar-refractivity contribution in [3.63, 3.8) is 0 Å². The summed E-state index contributed by atoms with van der Waals surface area (Å²) in [5.41, 5.74) is -0.963. The van der Waals surface area contributed by atoms with Gasteiger partial charge in [-0.3, -0.25) is 4.79 Å². The van der Waals surface area contributed by atoms with E-state index >= 15 is 0 Å². The minimum absolute atomic E-state index is 0.0612. The van der Waals surface area contributed by atoms with Gasteiger partial charge in [0.1, 0.15) is 6.61 Å². The summed E-state index contributed by atoms with van der Waals surface area (Å²) < 4.78 is 54.2. The first-order chi connectivity index (χ1) is 13.2. The van der Waals surface area contributed by atoms with E-state index in [2.05, 4.69) is 5.32 Å². The Hall–Kier alpha value is -3.23. The quantitative estimate of drug-likeness (QED) is 0.804. The van der Waals surface area contributed by atoms with Gasteiger partial charge in [0.2, 0.25) is 6.10 Å². The molecule has 9 heteroatoms. The molecular weight excluding hydrogens is 379 g/mol. The summed E-state index contributed by atoms with van der Waals surface area (Å²) in [6.07, 6.45) is -6.84. The molecule has 0 spiro atoms. The number of anilines is 1. The molecule has 148 valence electrons. The molecule has 0 radical (unpaired) electrons. The third-order valence-electron chi connectivity index (χ3n) is 3.89. The van der Waals surface area contributed by atoms with Gasteiger partial charge in [0.15, 0.2) is 17.6 Å². The second kappa shape index (κ2) is 7.79. The summed E-state index contributed by atoms with van der Waals surface area (Å²) in [5, 5.41) is 2.29. The van der Waals surface area contributed by atoms with E-state index < -0.39 is 35.8 Å². The second-order valence-corrected chi connectivity index (χ2v) is 6.01. The molecule has 1 amide bonds. The van der Waals surface area contributed by atoms with Crippen molar-refractivity contribution in [2.45, 2.75) is 25.3 Å². The lowest BCUT2D eigenvalue weighted by Gasteiger charge is -2.25. The Labute approximate surface area is 158 Å². The van der Waals surface area contributed by atoms with Crippen molar-refractivity contribution in [3.8, 4) is 11.5 Å². The van der Waals surface area contributed by atoms with E-state index in [1.165, 1.54) is 19.1 Å². The van der Waals surface area contributed by atoms with Gasteiger partial charge in [-0.05, 0) is 37.3 Å². The van der Waals surface area contributed by atoms with Gasteiger partial charge in [0.25, 0.3) is 5.91 Å². The predicted molar refractivity (Wildman–Crippen MR) is 92.0 cm³/mol. The average Bonchev–Trinajstić information content (AvgIpc) is 2.67. The van der Waals surface area contributed by atoms with Crippen molar-refractivity contribution in [2.24, 2.45) is 0 Å². The van der Waals surface area contributed by atoms with Crippen molar-refractivity contribution in [1.29, 1.82) is 0 Å². The molecule has 1 heterocycles. The number of esters is 1. The number of nitrogens with one attached hydrogen (secondary N) is 1. The van der Waals surface area contributed by atoms with Crippen LogP contribution in [0.5, 0.6) is 11.5 Å². The Bertz CT molecular complexity index is 884. The van der Waals surface area contributed by atoms with Crippen molar-refractivity contribution in [3.05, 3.63) is 54.1 Å². The third kappa shape index (κ3) is 4.54. The third-order valence-corrected chi connectivity index (χ3v) is 3.89. The van der Waals surface area contributed by atoms with Gasteiger partial charge in [-0.2, -0.15) is 13.2 Å². The van der Waals surface area contributed by atoms with E-state index in [-0.39, 0.29) is 12.3 Å². The first kappa shape index (κ1) is 19.5. The average molecular weight is 395 g/mol. The maximum atomic E-state index is 12.7. The molecular formula is C19H16F3NO5. The second-order valence-electron chi connectivity index (χ2n) is 6.01. The van der Waals surface area contributed by atoms with E-state index in [1.54, 1.807) is 24.3 Å². The molecule has 0 aliphatic carbocycles. The Morgan fingerprint density at radius 1 is 1.14 bits per heavy atom. The molecule has 0 aromatic heterocycles. The molecule has 2 aromatic carbocycles. The van der Waals surface area contributed by atoms with E-state index in [0.29, 0.717) is 11.5 Å². The van der Waals surface area contributed by atoms with Crippen LogP contribution in [0.1, 0.15) is 12.5 Å². The Balaban J connectivity index is 1.58. The summed E-state index contributed by atoms with van der Waals surface area (Å²) >= 11 is 0. The fourth-order valence-electron chi connectivity index (χ4n) is 2.46. The van der Waals surface area contributed by atoms with Crippen LogP contribution in [0, 0.1) is 0 Å². The molecule has 1 aliphatic heterocycles. The number of rotatable bonds is 4. The summed E-state index contributed by atoms with van der Waals surface area (Å²) in [6, 6.07) is 10.9. The summed E-state index contributed by atoms with van der Waals surface area (Å²) in [4.78, 5) is 24.4. The smallest absolute Gasteiger partial charge is 0.416 e. The number of carbonyl (C=O) groups is 2. The van der Waals surface area contributed by atoms with Gasteiger partial charge in [0, 0.05) is 5.69 Å². The highest BCUT2D eigenvalue weighted by Gasteiger charge is 2.32. The zero-order valence-corrected chi connectivity index (χ0v) is 14.7. The number of halogens is 3. The monoisotopic (exact) mass is 395 g/mol. The molecule has 0 bridgehead atoms. The van der Waals surface area contributed by atoms with Crippen LogP contribution in [0.3, 0.4) is 0 Å². The Morgan fingerprint density at radius 2 is 1.86 bits per heavy atom. The minimum Gasteiger partial charge on any atom is -0.485 e. The SMILES string of the molecule is C[C@@H](OC(=O)[C@H]1COc2ccccc2O1)C(=O)Nc1cccc(C(F)(F)F)c1. The number of alkyl halides is 3. The first-order valence-corrected chi connectivity index (χ1v) is 8.31. The van der Waals surface area contributed by atoms with Crippen molar-refractivity contribution in [1.82, 2.24) is 0 Å². The van der Waals surface area contributed by atoms with E-state index in [4.69, 9.17) is 14.2 Å². The highest BCUT2D eigenvalue weighted by Crippen LogP contribution is 2.32. The van der Waals surface area contributed by atoms with Crippen molar-refractivity contribution in [2.75, 3.05) is 11.9 Å². The fraction of sp³-hybridized carbons (Fsp3) is 0.263. The fourth-order valence-corrected chi connectivity index (χ4v) is 2.46. The molecule has 6 nitrogen and oxygen atoms in total. The molecule has 0 saturated heterocycles. The molecule has 2 aromatic rings. The van der Waals surface area contributed by atoms with Crippen LogP contribution in [0.4, 0.5) is 18.9 Å². The van der Waals surface area contributed by atoms with Crippen LogP contribution in [0.15, 0.2) is 48.5 Å². The van der Waals surface area contributed by atoms with Gasteiger partial charge in [0.05, 0.1) is 5.56 Å². The Morgan fingerprint density at radius 3 is 2.57 bits per heavy atom. The van der Waals surface area contributed by atoms with Gasteiger partial charge in [-0.25, -0.2) is 4.79 Å². The van der Waals surface area contributed by atoms with Crippen LogP contribution >= 0.6 is 0 Å². The normalized spacial score (nSPS) is 16.8. The molecule has 3 rings (SSSR count). The van der Waals surface area contributed by atoms with Crippen LogP contribution in [-0.4, -0.2) is 30.7 Å². The molecule has 1 N–H and O–H groups in total. The van der Waals surface area contributed by atoms with Gasteiger partial charge < -0.3 is 19.5 Å². The minimum atomic E-state index is -4.53. The maximum absolute atomic E-state index is 12.7. The highest BCUT2D eigenvalue weighted by molar-refractivity contribution is 5.95. The number of hydrogen-bond donors (Lipinski definition) is 1. The van der Waals surface area contributed by atoms with Crippen molar-refractivity contribution >= 4 is 17.6 Å². The lowest BCUT2D eigenvalue weighted by atomic mass is 10.2. The van der Waals surface area contributed by atoms with Crippen LogP contribution in [0.25, 0.3) is 0 Å². The van der Waals surface area contributed by atoms with Crippen LogP contribution in [-0.2, 0) is 20.5 Å². The molecule has 2 atom stereocenters. The number of carbonyl (C=O) groups excluding carboxylic acids is 2. The summed E-state index contributed by atoms with van der Waals surface area (Å²) in [7, 11) is 0. The predicted octanol–water partition coefficient (Wildman–Crippen LogP) is 3.42. The number of hydrogen-bond acceptors (Lipinski definition) is 5. The molecule has 28 heavy (non-hydrogen) atoms. The summed E-state index contributed by atoms with van der Waals surface area (Å²) in [6.45, 7) is 1.22. The van der Waals surface area contributed by atoms with E-state index in [1.807, 2.05) is 0 Å². The van der Waals surface area contributed by atoms with Gasteiger partial charge in [-0.15, -0.1) is 0 Å². The lowest BCUT2D eigenvalue weighted by Crippen LogP contribution is -2.41. The number of benzene rings is 2. The highest BCUT2D eigenvalue weighted by atomic mass is 19.4. The number of fused-ring (bicyclic) bond motifs is 1. The molecule has 1 aliphatic rings. The lowest BCUT2D eigenvalue weighted by molar-refractivity contribution is -0.162. The van der Waals surface area contributed by atoms with E-state index in [9.17, 15) is 22.8 Å². The van der Waals surface area contributed by atoms with Gasteiger partial charge in [-0.1, -0.05) is 18.2 Å². The molecule has 0 fully saturated rings. The zero-order valence-electron chi connectivity index (χ0n) is 14.7. The Kier molecular flexibility index (Phi) is 5.43. The topological polar surface area (TPSA) is 73.9 Å². The molecule has 0 saturated carbocycles. The standard InChI is InChI=1S/C19H16F3NO5/c1-11(17(24)23-13-6-4-5-12(9-13)19(20,21)22)27-18(25)16-10-26-14-7-2-3-8-15(14)28-16/h2-9,11,16H,10H2,1H3,(H,23,24)/t11-,16-/m1/s1. The van der Waals surface area contributed by atoms with Crippen molar-refractivity contribution < 1.29 is 37.0 Å². The zero-order chi connectivity index (χ0) is 20.3. The van der Waals surface area contributed by atoms with E-state index in [0.717, 1.165) is 12.1 Å². The molecule has 0 unspecified atom stereocenters. The number of para-hydroxylation sites is 2. The van der Waals surface area contributed by atoms with Gasteiger partial charge >= 0.3 is 12.1 Å². The number of amides is 1.